The van der Waals surface area contributed by atoms with Gasteiger partial charge in [-0.05, 0) is 51.4 Å². The van der Waals surface area contributed by atoms with E-state index in [0.717, 1.165) is 28.4 Å². The van der Waals surface area contributed by atoms with Crippen molar-refractivity contribution < 1.29 is 4.58 Å². The highest BCUT2D eigenvalue weighted by molar-refractivity contribution is 7.16. The Morgan fingerprint density at radius 3 is 2.68 bits per heavy atom. The van der Waals surface area contributed by atoms with Crippen LogP contribution < -0.4 is 0 Å². The average molecular weight is 465 g/mol. The molecule has 5 rings (SSSR count). The zero-order valence-corrected chi connectivity index (χ0v) is 21.5. The van der Waals surface area contributed by atoms with Crippen LogP contribution >= 0.6 is 11.3 Å². The van der Waals surface area contributed by atoms with Crippen molar-refractivity contribution in [1.82, 2.24) is 4.98 Å². The molecule has 0 fully saturated rings. The summed E-state index contributed by atoms with van der Waals surface area (Å²) in [6.07, 6.45) is 9.53. The van der Waals surface area contributed by atoms with E-state index in [0.29, 0.717) is 5.92 Å². The van der Waals surface area contributed by atoms with Crippen LogP contribution in [0.3, 0.4) is 0 Å². The van der Waals surface area contributed by atoms with Crippen molar-refractivity contribution in [2.45, 2.75) is 46.5 Å². The molecule has 2 nitrogen and oxygen atoms in total. The third kappa shape index (κ3) is 4.21. The summed E-state index contributed by atoms with van der Waals surface area (Å²) >= 11 is 1.74. The second-order valence-electron chi connectivity index (χ2n) is 10.7. The molecule has 0 amide bonds. The summed E-state index contributed by atoms with van der Waals surface area (Å²) in [5.74, 6) is 0.625. The number of allylic oxidation sites excluding steroid dienone is 2. The van der Waals surface area contributed by atoms with E-state index in [1.54, 1.807) is 11.3 Å². The van der Waals surface area contributed by atoms with Crippen molar-refractivity contribution in [2.75, 3.05) is 0 Å². The van der Waals surface area contributed by atoms with E-state index in [1.165, 1.54) is 32.8 Å². The molecule has 3 heteroatoms. The fourth-order valence-electron chi connectivity index (χ4n) is 4.76. The number of nitrogens with zero attached hydrogens (tertiary/aromatic N) is 2. The second kappa shape index (κ2) is 8.56. The van der Waals surface area contributed by atoms with Gasteiger partial charge in [-0.25, -0.2) is 0 Å². The third-order valence-corrected chi connectivity index (χ3v) is 7.42. The number of thiophene rings is 1. The van der Waals surface area contributed by atoms with Gasteiger partial charge in [-0.1, -0.05) is 99.7 Å². The quantitative estimate of drug-likeness (QED) is 0.169. The van der Waals surface area contributed by atoms with Crippen LogP contribution in [0.25, 0.3) is 26.6 Å². The maximum atomic E-state index is 4.79. The van der Waals surface area contributed by atoms with E-state index in [1.807, 2.05) is 10.8 Å². The van der Waals surface area contributed by atoms with Crippen LogP contribution in [-0.2, 0) is 11.8 Å². The SMILES string of the molecule is C=[N+]1C=CC(c2cn[c-]3[s+]cc(CC(C)C)c3c2)=C[C-]1c1cc(C(C)(C)C)c2ccccc2c1. The van der Waals surface area contributed by atoms with Crippen LogP contribution in [0.15, 0.2) is 72.4 Å². The largest absolute Gasteiger partial charge is 0.281 e. The monoisotopic (exact) mass is 464 g/mol. The van der Waals surface area contributed by atoms with Gasteiger partial charge in [0.15, 0.2) is 11.3 Å². The molecule has 0 N–H and O–H groups in total. The molecule has 1 aliphatic heterocycles. The van der Waals surface area contributed by atoms with Crippen molar-refractivity contribution in [1.29, 1.82) is 0 Å². The van der Waals surface area contributed by atoms with Crippen LogP contribution in [0.2, 0.25) is 0 Å². The Hall–Kier alpha value is -3.17. The molecule has 0 spiro atoms. The number of pyridine rings is 1. The van der Waals surface area contributed by atoms with Crippen molar-refractivity contribution in [3.05, 3.63) is 101 Å². The van der Waals surface area contributed by atoms with E-state index in [9.17, 15) is 0 Å². The fourth-order valence-corrected chi connectivity index (χ4v) is 5.67. The molecule has 0 unspecified atom stereocenters. The number of aromatic nitrogens is 1. The predicted molar refractivity (Wildman–Crippen MR) is 148 cm³/mol. The Morgan fingerprint density at radius 1 is 1.12 bits per heavy atom. The topological polar surface area (TPSA) is 15.9 Å². The summed E-state index contributed by atoms with van der Waals surface area (Å²) in [4.78, 5) is 5.91. The van der Waals surface area contributed by atoms with E-state index < -0.39 is 0 Å². The van der Waals surface area contributed by atoms with E-state index in [4.69, 9.17) is 4.98 Å². The lowest BCUT2D eigenvalue weighted by molar-refractivity contribution is -0.417. The molecule has 4 aromatic rings. The summed E-state index contributed by atoms with van der Waals surface area (Å²) < 4.78 is 1.97. The zero-order valence-electron chi connectivity index (χ0n) is 20.7. The summed E-state index contributed by atoms with van der Waals surface area (Å²) in [7, 11) is 0. The minimum absolute atomic E-state index is 0.0416. The van der Waals surface area contributed by atoms with Crippen LogP contribution in [0.4, 0.5) is 0 Å². The van der Waals surface area contributed by atoms with Gasteiger partial charge in [-0.3, -0.25) is 9.56 Å². The molecule has 1 aliphatic rings. The number of benzene rings is 2. The van der Waals surface area contributed by atoms with E-state index in [2.05, 4.69) is 108 Å². The van der Waals surface area contributed by atoms with Gasteiger partial charge < -0.3 is 0 Å². The molecule has 34 heavy (non-hydrogen) atoms. The molecular weight excluding hydrogens is 432 g/mol. The smallest absolute Gasteiger partial charge is 0.248 e. The van der Waals surface area contributed by atoms with Crippen molar-refractivity contribution in [3.63, 3.8) is 0 Å². The highest BCUT2D eigenvalue weighted by atomic mass is 32.1. The molecule has 0 atom stereocenters. The summed E-state index contributed by atoms with van der Waals surface area (Å²) in [6.45, 7) is 15.7. The van der Waals surface area contributed by atoms with E-state index >= 15 is 0 Å². The minimum atomic E-state index is 0.0416. The van der Waals surface area contributed by atoms with Gasteiger partial charge in [-0.2, -0.15) is 0 Å². The van der Waals surface area contributed by atoms with Gasteiger partial charge in [0.25, 0.3) is 0 Å². The van der Waals surface area contributed by atoms with Gasteiger partial charge in [-0.15, -0.1) is 6.07 Å². The molecular formula is C31H32N2S. The molecule has 2 aromatic heterocycles. The van der Waals surface area contributed by atoms with Gasteiger partial charge >= 0.3 is 0 Å². The highest BCUT2D eigenvalue weighted by Crippen LogP contribution is 2.36. The zero-order chi connectivity index (χ0) is 24.0. The molecule has 0 bridgehead atoms. The maximum Gasteiger partial charge on any atom is 0.248 e. The van der Waals surface area contributed by atoms with Crippen LogP contribution in [0, 0.1) is 12.0 Å². The number of hydrogen-bond donors (Lipinski definition) is 0. The molecule has 0 saturated carbocycles. The summed E-state index contributed by atoms with van der Waals surface area (Å²) in [6, 6.07) is 16.7. The van der Waals surface area contributed by atoms with Crippen LogP contribution in [0.1, 0.15) is 56.9 Å². The lowest BCUT2D eigenvalue weighted by Crippen LogP contribution is -2.17. The van der Waals surface area contributed by atoms with Crippen molar-refractivity contribution >= 4 is 44.6 Å². The molecule has 172 valence electrons. The van der Waals surface area contributed by atoms with Crippen molar-refractivity contribution in [2.24, 2.45) is 5.92 Å². The summed E-state index contributed by atoms with van der Waals surface area (Å²) in [5.41, 5.74) is 6.29. The van der Waals surface area contributed by atoms with Crippen LogP contribution in [0.5, 0.6) is 0 Å². The Morgan fingerprint density at radius 2 is 1.91 bits per heavy atom. The second-order valence-corrected chi connectivity index (χ2v) is 11.6. The Balaban J connectivity index is 1.60. The number of hydrogen-bond acceptors (Lipinski definition) is 1. The highest BCUT2D eigenvalue weighted by Gasteiger charge is 2.22. The van der Waals surface area contributed by atoms with Crippen LogP contribution in [-0.4, -0.2) is 16.3 Å². The minimum Gasteiger partial charge on any atom is -0.281 e. The van der Waals surface area contributed by atoms with Crippen molar-refractivity contribution in [3.8, 4) is 0 Å². The molecule has 2 aromatic carbocycles. The van der Waals surface area contributed by atoms with Gasteiger partial charge in [0.2, 0.25) is 4.83 Å². The molecule has 0 radical (unpaired) electrons. The van der Waals surface area contributed by atoms with Gasteiger partial charge in [0.1, 0.15) is 17.6 Å². The standard InChI is InChI=1S/C31H32N2S/c1-20(2)13-25-19-34-30-27(25)15-24(18-32-30)21-11-12-33(6)29(17-21)23-14-22-9-7-8-10-26(22)28(16-23)31(3,4)5/h7-12,14-20H,6,13H2,1-5H3. The number of fused-ring (bicyclic) bond motifs is 2. The first kappa shape index (κ1) is 22.6. The Labute approximate surface area is 207 Å². The third-order valence-electron chi connectivity index (χ3n) is 6.47. The lowest BCUT2D eigenvalue weighted by Gasteiger charge is -2.27. The first-order valence-corrected chi connectivity index (χ1v) is 12.9. The fraction of sp³-hybridized carbons (Fsp3) is 0.258. The Bertz CT molecular complexity index is 1460. The normalized spacial score (nSPS) is 14.5. The Kier molecular flexibility index (Phi) is 5.69. The average Bonchev–Trinajstić information content (AvgIpc) is 3.19. The first-order chi connectivity index (χ1) is 16.2. The predicted octanol–water partition coefficient (Wildman–Crippen LogP) is 8.15. The summed E-state index contributed by atoms with van der Waals surface area (Å²) in [5, 5.41) is 6.13. The molecule has 3 heterocycles. The first-order valence-electron chi connectivity index (χ1n) is 12.0. The maximum absolute atomic E-state index is 4.79. The molecule has 0 aliphatic carbocycles. The number of rotatable bonds is 4. The van der Waals surface area contributed by atoms with E-state index in [-0.39, 0.29) is 5.41 Å². The van der Waals surface area contributed by atoms with Gasteiger partial charge in [0, 0.05) is 0 Å². The van der Waals surface area contributed by atoms with Gasteiger partial charge in [0.05, 0.1) is 6.72 Å². The molecule has 0 saturated heterocycles. The lowest BCUT2D eigenvalue weighted by atomic mass is 9.81.